The molecule has 1 N–H and O–H groups in total. The zero-order chi connectivity index (χ0) is 8.48. The minimum Gasteiger partial charge on any atom is -0.341 e. The average molecular weight is 176 g/mol. The van der Waals surface area contributed by atoms with Crippen LogP contribution in [0.25, 0.3) is 0 Å². The van der Waals surface area contributed by atoms with Gasteiger partial charge < -0.3 is 4.90 Å². The topological polar surface area (TPSA) is 61.2 Å². The van der Waals surface area contributed by atoms with Gasteiger partial charge in [-0.15, -0.1) is 0 Å². The lowest BCUT2D eigenvalue weighted by Crippen LogP contribution is -2.42. The van der Waals surface area contributed by atoms with Crippen molar-refractivity contribution in [3.63, 3.8) is 0 Å². The van der Waals surface area contributed by atoms with E-state index < -0.39 is 9.73 Å². The average Bonchev–Trinajstić information content (AvgIpc) is 1.86. The zero-order valence-corrected chi connectivity index (χ0v) is 7.32. The second kappa shape index (κ2) is 2.81. The van der Waals surface area contributed by atoms with Crippen LogP contribution in [0.3, 0.4) is 0 Å². The van der Waals surface area contributed by atoms with Crippen LogP contribution in [0.15, 0.2) is 0 Å². The van der Waals surface area contributed by atoms with Crippen molar-refractivity contribution in [1.29, 1.82) is 4.78 Å². The molecule has 0 radical (unpaired) electrons. The molecule has 1 fully saturated rings. The largest absolute Gasteiger partial charge is 0.341 e. The first kappa shape index (κ1) is 8.52. The number of carbonyl (C=O) groups excluding carboxylic acids is 1. The molecule has 1 heterocycles. The van der Waals surface area contributed by atoms with Crippen molar-refractivity contribution in [3.8, 4) is 0 Å². The Hall–Kier alpha value is -0.580. The Bertz CT molecular complexity index is 244. The highest BCUT2D eigenvalue weighted by Crippen LogP contribution is 2.03. The van der Waals surface area contributed by atoms with Crippen LogP contribution in [0.2, 0.25) is 0 Å². The second-order valence-corrected chi connectivity index (χ2v) is 5.17. The van der Waals surface area contributed by atoms with Gasteiger partial charge in [0.2, 0.25) is 5.91 Å². The first-order valence-corrected chi connectivity index (χ1v) is 5.40. The molecule has 0 aromatic carbocycles. The summed E-state index contributed by atoms with van der Waals surface area (Å²) in [4.78, 5) is 12.4. The molecule has 0 aromatic rings. The van der Waals surface area contributed by atoms with Gasteiger partial charge in [-0.05, 0) is 0 Å². The van der Waals surface area contributed by atoms with Crippen LogP contribution in [0, 0.1) is 4.78 Å². The summed E-state index contributed by atoms with van der Waals surface area (Å²) in [5, 5.41) is 0. The van der Waals surface area contributed by atoms with Crippen LogP contribution in [-0.2, 0) is 14.5 Å². The summed E-state index contributed by atoms with van der Waals surface area (Å²) in [6, 6.07) is 0. The van der Waals surface area contributed by atoms with Crippen molar-refractivity contribution in [2.24, 2.45) is 0 Å². The molecule has 0 unspecified atom stereocenters. The molecule has 0 saturated carbocycles. The maximum Gasteiger partial charge on any atom is 0.219 e. The van der Waals surface area contributed by atoms with Crippen molar-refractivity contribution in [3.05, 3.63) is 0 Å². The Labute approximate surface area is 66.5 Å². The number of nitrogens with zero attached hydrogens (tertiary/aromatic N) is 1. The van der Waals surface area contributed by atoms with Gasteiger partial charge in [0.25, 0.3) is 0 Å². The molecule has 5 heteroatoms. The molecule has 0 aromatic heterocycles. The number of amides is 1. The molecule has 4 nitrogen and oxygen atoms in total. The lowest BCUT2D eigenvalue weighted by molar-refractivity contribution is -0.128. The zero-order valence-electron chi connectivity index (χ0n) is 6.50. The van der Waals surface area contributed by atoms with E-state index in [9.17, 15) is 9.00 Å². The standard InChI is InChI=1S/C6H12N2O2S/c1-6(9)8-2-4-11(7,10)5-3-8/h7H,2-5H2,1H3. The first-order valence-electron chi connectivity index (χ1n) is 3.51. The Morgan fingerprint density at radius 1 is 1.45 bits per heavy atom. The van der Waals surface area contributed by atoms with Crippen LogP contribution < -0.4 is 0 Å². The normalized spacial score (nSPS) is 23.2. The highest BCUT2D eigenvalue weighted by atomic mass is 32.2. The van der Waals surface area contributed by atoms with Crippen LogP contribution in [0.4, 0.5) is 0 Å². The minimum absolute atomic E-state index is 0.0138. The Morgan fingerprint density at radius 3 is 2.27 bits per heavy atom. The van der Waals surface area contributed by atoms with Gasteiger partial charge in [0.1, 0.15) is 0 Å². The van der Waals surface area contributed by atoms with E-state index in [0.717, 1.165) is 0 Å². The van der Waals surface area contributed by atoms with Crippen LogP contribution in [0.5, 0.6) is 0 Å². The van der Waals surface area contributed by atoms with Gasteiger partial charge in [0.15, 0.2) is 0 Å². The number of hydrogen-bond donors (Lipinski definition) is 1. The van der Waals surface area contributed by atoms with Crippen molar-refractivity contribution >= 4 is 15.6 Å². The monoisotopic (exact) mass is 176 g/mol. The van der Waals surface area contributed by atoms with E-state index in [1.165, 1.54) is 6.92 Å². The second-order valence-electron chi connectivity index (χ2n) is 2.73. The Balaban J connectivity index is 2.56. The van der Waals surface area contributed by atoms with E-state index in [1.807, 2.05) is 0 Å². The predicted molar refractivity (Wildman–Crippen MR) is 42.9 cm³/mol. The SMILES string of the molecule is CC(=O)N1CCS(=N)(=O)CC1. The van der Waals surface area contributed by atoms with Gasteiger partial charge in [-0.1, -0.05) is 0 Å². The summed E-state index contributed by atoms with van der Waals surface area (Å²) in [5.41, 5.74) is 0. The Kier molecular flexibility index (Phi) is 2.17. The molecule has 0 atom stereocenters. The third kappa shape index (κ3) is 2.18. The molecule has 1 rings (SSSR count). The molecule has 1 amide bonds. The van der Waals surface area contributed by atoms with E-state index in [1.54, 1.807) is 4.90 Å². The summed E-state index contributed by atoms with van der Waals surface area (Å²) < 4.78 is 18.3. The summed E-state index contributed by atoms with van der Waals surface area (Å²) in [7, 11) is -2.34. The smallest absolute Gasteiger partial charge is 0.219 e. The van der Waals surface area contributed by atoms with Crippen molar-refractivity contribution in [2.45, 2.75) is 6.92 Å². The summed E-state index contributed by atoms with van der Waals surface area (Å²) >= 11 is 0. The fraction of sp³-hybridized carbons (Fsp3) is 0.833. The summed E-state index contributed by atoms with van der Waals surface area (Å²) in [5.74, 6) is 0.694. The highest BCUT2D eigenvalue weighted by molar-refractivity contribution is 7.92. The van der Waals surface area contributed by atoms with Crippen molar-refractivity contribution in [2.75, 3.05) is 24.6 Å². The first-order chi connectivity index (χ1) is 5.01. The van der Waals surface area contributed by atoms with Gasteiger partial charge in [0, 0.05) is 41.2 Å². The van der Waals surface area contributed by atoms with Crippen LogP contribution in [0.1, 0.15) is 6.92 Å². The van der Waals surface area contributed by atoms with E-state index in [-0.39, 0.29) is 5.91 Å². The van der Waals surface area contributed by atoms with Crippen LogP contribution in [-0.4, -0.2) is 39.6 Å². The van der Waals surface area contributed by atoms with E-state index in [0.29, 0.717) is 24.6 Å². The molecule has 0 aliphatic carbocycles. The molecule has 11 heavy (non-hydrogen) atoms. The van der Waals surface area contributed by atoms with Crippen LogP contribution >= 0.6 is 0 Å². The van der Waals surface area contributed by atoms with E-state index in [2.05, 4.69) is 0 Å². The van der Waals surface area contributed by atoms with Gasteiger partial charge >= 0.3 is 0 Å². The highest BCUT2D eigenvalue weighted by Gasteiger charge is 2.19. The minimum atomic E-state index is -2.34. The summed E-state index contributed by atoms with van der Waals surface area (Å²) in [6.45, 7) is 2.46. The van der Waals surface area contributed by atoms with Gasteiger partial charge in [-0.3, -0.25) is 9.57 Å². The molecule has 1 aliphatic rings. The third-order valence-corrected chi connectivity index (χ3v) is 3.51. The fourth-order valence-corrected chi connectivity index (χ4v) is 2.28. The van der Waals surface area contributed by atoms with Crippen molar-refractivity contribution < 1.29 is 9.00 Å². The van der Waals surface area contributed by atoms with Crippen molar-refractivity contribution in [1.82, 2.24) is 4.90 Å². The third-order valence-electron chi connectivity index (χ3n) is 1.83. The molecule has 0 bridgehead atoms. The predicted octanol–water partition coefficient (Wildman–Crippen LogP) is -0.105. The number of rotatable bonds is 0. The van der Waals surface area contributed by atoms with E-state index >= 15 is 0 Å². The lowest BCUT2D eigenvalue weighted by atomic mass is 10.5. The van der Waals surface area contributed by atoms with Gasteiger partial charge in [0.05, 0.1) is 0 Å². The Morgan fingerprint density at radius 2 is 1.91 bits per heavy atom. The molecule has 1 saturated heterocycles. The quantitative estimate of drug-likeness (QED) is 0.560. The maximum absolute atomic E-state index is 11.1. The molecule has 0 spiro atoms. The molecular weight excluding hydrogens is 164 g/mol. The lowest BCUT2D eigenvalue weighted by Gasteiger charge is -2.26. The molecule has 64 valence electrons. The number of carbonyl (C=O) groups is 1. The fourth-order valence-electron chi connectivity index (χ4n) is 1.04. The molecule has 1 aliphatic heterocycles. The number of hydrogen-bond acceptors (Lipinski definition) is 3. The van der Waals surface area contributed by atoms with Gasteiger partial charge in [-0.2, -0.15) is 0 Å². The molecular formula is C6H12N2O2S. The maximum atomic E-state index is 11.1. The van der Waals surface area contributed by atoms with E-state index in [4.69, 9.17) is 4.78 Å². The summed E-state index contributed by atoms with van der Waals surface area (Å²) in [6.07, 6.45) is 0. The van der Waals surface area contributed by atoms with Gasteiger partial charge in [-0.25, -0.2) is 4.21 Å². The number of nitrogens with one attached hydrogen (secondary N) is 1.